The third kappa shape index (κ3) is 4.52. The highest BCUT2D eigenvalue weighted by Gasteiger charge is 2.31. The summed E-state index contributed by atoms with van der Waals surface area (Å²) in [5.74, 6) is -1.19. The zero-order valence-electron chi connectivity index (χ0n) is 18.3. The van der Waals surface area contributed by atoms with Crippen molar-refractivity contribution in [1.29, 1.82) is 0 Å². The molecule has 7 nitrogen and oxygen atoms in total. The number of rotatable bonds is 4. The molecule has 0 unspecified atom stereocenters. The number of alkyl halides is 3. The SMILES string of the molecule is NC(=O)c1cc(-c2cccc(OC(F)(F)F)c2)cc2c1[nH]c1cc(C(=O)N3CCOCC3)ccc12. The maximum Gasteiger partial charge on any atom is 0.573 e. The van der Waals surface area contributed by atoms with Crippen LogP contribution in [0.1, 0.15) is 20.7 Å². The number of fused-ring (bicyclic) bond motifs is 3. The third-order valence-electron chi connectivity index (χ3n) is 5.92. The van der Waals surface area contributed by atoms with Gasteiger partial charge >= 0.3 is 6.36 Å². The van der Waals surface area contributed by atoms with Crippen LogP contribution in [0.3, 0.4) is 0 Å². The molecule has 1 fully saturated rings. The number of halogens is 3. The number of benzene rings is 3. The Morgan fingerprint density at radius 1 is 0.971 bits per heavy atom. The number of carbonyl (C=O) groups is 2. The summed E-state index contributed by atoms with van der Waals surface area (Å²) in [6.45, 7) is 1.99. The van der Waals surface area contributed by atoms with E-state index in [2.05, 4.69) is 9.72 Å². The Bertz CT molecular complexity index is 1460. The molecule has 35 heavy (non-hydrogen) atoms. The van der Waals surface area contributed by atoms with Crippen LogP contribution in [0.15, 0.2) is 54.6 Å². The van der Waals surface area contributed by atoms with Crippen LogP contribution in [0.5, 0.6) is 5.75 Å². The lowest BCUT2D eigenvalue weighted by Crippen LogP contribution is -2.40. The van der Waals surface area contributed by atoms with Crippen molar-refractivity contribution in [2.75, 3.05) is 26.3 Å². The number of nitrogens with two attached hydrogens (primary N) is 1. The molecular weight excluding hydrogens is 463 g/mol. The van der Waals surface area contributed by atoms with Crippen LogP contribution < -0.4 is 10.5 Å². The van der Waals surface area contributed by atoms with Crippen molar-refractivity contribution in [3.8, 4) is 16.9 Å². The fourth-order valence-electron chi connectivity index (χ4n) is 4.32. The number of nitrogens with zero attached hydrogens (tertiary/aromatic N) is 1. The van der Waals surface area contributed by atoms with Gasteiger partial charge in [0.1, 0.15) is 5.75 Å². The van der Waals surface area contributed by atoms with E-state index in [0.717, 1.165) is 5.39 Å². The van der Waals surface area contributed by atoms with Gasteiger partial charge in [-0.05, 0) is 47.5 Å². The first-order valence-electron chi connectivity index (χ1n) is 10.8. The van der Waals surface area contributed by atoms with Gasteiger partial charge in [-0.3, -0.25) is 9.59 Å². The van der Waals surface area contributed by atoms with Crippen molar-refractivity contribution in [3.05, 3.63) is 65.7 Å². The van der Waals surface area contributed by atoms with Gasteiger partial charge in [-0.2, -0.15) is 0 Å². The summed E-state index contributed by atoms with van der Waals surface area (Å²) >= 11 is 0. The Morgan fingerprint density at radius 3 is 2.46 bits per heavy atom. The number of aromatic nitrogens is 1. The zero-order valence-corrected chi connectivity index (χ0v) is 18.3. The highest BCUT2D eigenvalue weighted by molar-refractivity contribution is 6.17. The van der Waals surface area contributed by atoms with E-state index >= 15 is 0 Å². The summed E-state index contributed by atoms with van der Waals surface area (Å²) in [7, 11) is 0. The smallest absolute Gasteiger partial charge is 0.406 e. The molecule has 5 rings (SSSR count). The fraction of sp³-hybridized carbons (Fsp3) is 0.200. The van der Waals surface area contributed by atoms with Gasteiger partial charge in [-0.1, -0.05) is 18.2 Å². The van der Waals surface area contributed by atoms with Gasteiger partial charge in [0.05, 0.1) is 24.3 Å². The molecule has 1 aliphatic rings. The Kier molecular flexibility index (Phi) is 5.60. The van der Waals surface area contributed by atoms with Crippen molar-refractivity contribution >= 4 is 33.6 Å². The third-order valence-corrected chi connectivity index (χ3v) is 5.92. The average Bonchev–Trinajstić information content (AvgIpc) is 3.20. The van der Waals surface area contributed by atoms with Gasteiger partial charge < -0.3 is 25.1 Å². The maximum absolute atomic E-state index is 12.9. The van der Waals surface area contributed by atoms with Crippen LogP contribution in [0.25, 0.3) is 32.9 Å². The molecule has 3 aromatic carbocycles. The quantitative estimate of drug-likeness (QED) is 0.448. The van der Waals surface area contributed by atoms with E-state index in [0.29, 0.717) is 59.4 Å². The summed E-state index contributed by atoms with van der Waals surface area (Å²) < 4.78 is 47.4. The summed E-state index contributed by atoms with van der Waals surface area (Å²) in [4.78, 5) is 30.1. The number of H-pyrrole nitrogens is 1. The van der Waals surface area contributed by atoms with Crippen molar-refractivity contribution in [2.45, 2.75) is 6.36 Å². The summed E-state index contributed by atoms with van der Waals surface area (Å²) in [6, 6.07) is 14.0. The molecule has 0 atom stereocenters. The van der Waals surface area contributed by atoms with E-state index in [4.69, 9.17) is 10.5 Å². The second-order valence-electron chi connectivity index (χ2n) is 8.18. The standard InChI is InChI=1S/C25H20F3N3O4/c26-25(27,28)35-17-3-1-2-14(10-17)16-11-19-18-5-4-15(24(33)31-6-8-34-9-7-31)13-21(18)30-22(19)20(12-16)23(29)32/h1-5,10-13,30H,6-9H2,(H2,29,32). The topological polar surface area (TPSA) is 97.7 Å². The molecule has 1 aliphatic heterocycles. The molecular formula is C25H20F3N3O4. The largest absolute Gasteiger partial charge is 0.573 e. The monoisotopic (exact) mass is 483 g/mol. The minimum Gasteiger partial charge on any atom is -0.406 e. The summed E-state index contributed by atoms with van der Waals surface area (Å²) in [5.41, 5.74) is 8.33. The summed E-state index contributed by atoms with van der Waals surface area (Å²) in [5, 5.41) is 1.39. The highest BCUT2D eigenvalue weighted by Crippen LogP contribution is 2.35. The molecule has 0 bridgehead atoms. The Morgan fingerprint density at radius 2 is 1.74 bits per heavy atom. The molecule has 10 heteroatoms. The van der Waals surface area contributed by atoms with Crippen LogP contribution in [-0.4, -0.2) is 54.4 Å². The molecule has 180 valence electrons. The van der Waals surface area contributed by atoms with Crippen molar-refractivity contribution in [1.82, 2.24) is 9.88 Å². The molecule has 0 spiro atoms. The van der Waals surface area contributed by atoms with Crippen LogP contribution >= 0.6 is 0 Å². The second-order valence-corrected chi connectivity index (χ2v) is 8.18. The van der Waals surface area contributed by atoms with E-state index in [1.54, 1.807) is 35.2 Å². The molecule has 2 heterocycles. The van der Waals surface area contributed by atoms with Gasteiger partial charge in [0.2, 0.25) is 0 Å². The number of carbonyl (C=O) groups excluding carboxylic acids is 2. The predicted octanol–water partition coefficient (Wildman–Crippen LogP) is 4.46. The van der Waals surface area contributed by atoms with E-state index in [-0.39, 0.29) is 17.2 Å². The number of hydrogen-bond acceptors (Lipinski definition) is 4. The van der Waals surface area contributed by atoms with E-state index in [1.165, 1.54) is 24.3 Å². The molecule has 1 saturated heterocycles. The Hall–Kier alpha value is -4.05. The number of hydrogen-bond donors (Lipinski definition) is 2. The molecule has 0 aliphatic carbocycles. The number of ether oxygens (including phenoxy) is 2. The van der Waals surface area contributed by atoms with Gasteiger partial charge in [0.25, 0.3) is 11.8 Å². The zero-order chi connectivity index (χ0) is 24.7. The lowest BCUT2D eigenvalue weighted by Gasteiger charge is -2.26. The molecule has 2 amide bonds. The number of nitrogens with one attached hydrogen (secondary N) is 1. The number of amides is 2. The van der Waals surface area contributed by atoms with Crippen molar-refractivity contribution < 1.29 is 32.2 Å². The van der Waals surface area contributed by atoms with E-state index in [1.807, 2.05) is 0 Å². The average molecular weight is 483 g/mol. The molecule has 0 saturated carbocycles. The first kappa shape index (κ1) is 22.7. The first-order chi connectivity index (χ1) is 16.7. The normalized spacial score (nSPS) is 14.4. The lowest BCUT2D eigenvalue weighted by molar-refractivity contribution is -0.274. The van der Waals surface area contributed by atoms with Crippen LogP contribution in [0.2, 0.25) is 0 Å². The Labute approximate surface area is 197 Å². The molecule has 4 aromatic rings. The summed E-state index contributed by atoms with van der Waals surface area (Å²) in [6.07, 6.45) is -4.83. The highest BCUT2D eigenvalue weighted by atomic mass is 19.4. The maximum atomic E-state index is 12.9. The Balaban J connectivity index is 1.60. The first-order valence-corrected chi connectivity index (χ1v) is 10.8. The van der Waals surface area contributed by atoms with E-state index < -0.39 is 12.3 Å². The molecule has 3 N–H and O–H groups in total. The minimum atomic E-state index is -4.83. The molecule has 0 radical (unpaired) electrons. The number of morpholine rings is 1. The molecule has 1 aromatic heterocycles. The van der Waals surface area contributed by atoms with E-state index in [9.17, 15) is 22.8 Å². The predicted molar refractivity (Wildman–Crippen MR) is 123 cm³/mol. The van der Waals surface area contributed by atoms with Gasteiger partial charge in [-0.25, -0.2) is 0 Å². The number of aromatic amines is 1. The second kappa shape index (κ2) is 8.62. The number of primary amides is 1. The minimum absolute atomic E-state index is 0.119. The fourth-order valence-corrected chi connectivity index (χ4v) is 4.32. The van der Waals surface area contributed by atoms with Crippen molar-refractivity contribution in [2.24, 2.45) is 5.73 Å². The van der Waals surface area contributed by atoms with Crippen molar-refractivity contribution in [3.63, 3.8) is 0 Å². The van der Waals surface area contributed by atoms with Crippen LogP contribution in [0, 0.1) is 0 Å². The van der Waals surface area contributed by atoms with Crippen LogP contribution in [0.4, 0.5) is 13.2 Å². The van der Waals surface area contributed by atoms with Gasteiger partial charge in [0.15, 0.2) is 0 Å². The lowest BCUT2D eigenvalue weighted by atomic mass is 9.98. The van der Waals surface area contributed by atoms with Gasteiger partial charge in [0, 0.05) is 34.9 Å². The van der Waals surface area contributed by atoms with Crippen LogP contribution in [-0.2, 0) is 4.74 Å². The van der Waals surface area contributed by atoms with Gasteiger partial charge in [-0.15, -0.1) is 13.2 Å².